The summed E-state index contributed by atoms with van der Waals surface area (Å²) in [5.74, 6) is 0.411. The number of nitrogens with one attached hydrogen (secondary N) is 1. The number of sulfonamides is 1. The highest BCUT2D eigenvalue weighted by Crippen LogP contribution is 2.22. The second kappa shape index (κ2) is 11.3. The highest BCUT2D eigenvalue weighted by atomic mass is 35.5. The van der Waals surface area contributed by atoms with E-state index in [1.807, 2.05) is 37.3 Å². The van der Waals surface area contributed by atoms with Gasteiger partial charge in [0.05, 0.1) is 17.7 Å². The summed E-state index contributed by atoms with van der Waals surface area (Å²) in [5.41, 5.74) is 4.66. The van der Waals surface area contributed by atoms with Gasteiger partial charge in [-0.3, -0.25) is 4.79 Å². The molecular weight excluding hydrogens is 498 g/mol. The van der Waals surface area contributed by atoms with Crippen molar-refractivity contribution in [2.24, 2.45) is 5.10 Å². The van der Waals surface area contributed by atoms with Crippen LogP contribution in [-0.4, -0.2) is 24.8 Å². The van der Waals surface area contributed by atoms with Crippen LogP contribution in [0.5, 0.6) is 0 Å². The van der Waals surface area contributed by atoms with Gasteiger partial charge in [0.1, 0.15) is 11.5 Å². The average molecular weight is 522 g/mol. The number of halogens is 1. The minimum atomic E-state index is -3.79. The van der Waals surface area contributed by atoms with E-state index in [4.69, 9.17) is 16.0 Å². The topological polar surface area (TPSA) is 92.0 Å². The van der Waals surface area contributed by atoms with Crippen LogP contribution in [0, 0.1) is 6.92 Å². The highest BCUT2D eigenvalue weighted by Gasteiger charge is 2.26. The Morgan fingerprint density at radius 1 is 0.944 bits per heavy atom. The number of benzene rings is 3. The van der Waals surface area contributed by atoms with Gasteiger partial charge in [-0.25, -0.2) is 13.8 Å². The Balaban J connectivity index is 1.49. The van der Waals surface area contributed by atoms with Gasteiger partial charge in [0.15, 0.2) is 0 Å². The zero-order valence-corrected chi connectivity index (χ0v) is 21.0. The van der Waals surface area contributed by atoms with Crippen LogP contribution in [0.15, 0.2) is 105 Å². The fraction of sp³-hybridized carbons (Fsp3) is 0.111. The zero-order chi connectivity index (χ0) is 25.5. The number of aryl methyl sites for hydroxylation is 1. The first-order valence-electron chi connectivity index (χ1n) is 11.1. The molecule has 36 heavy (non-hydrogen) atoms. The molecule has 1 amide bonds. The number of rotatable bonds is 9. The van der Waals surface area contributed by atoms with Crippen molar-refractivity contribution in [1.29, 1.82) is 0 Å². The quantitative estimate of drug-likeness (QED) is 0.236. The largest absolute Gasteiger partial charge is 0.459 e. The molecule has 4 rings (SSSR count). The first-order valence-corrected chi connectivity index (χ1v) is 12.9. The molecule has 0 fully saturated rings. The molecule has 3 aromatic carbocycles. The Morgan fingerprint density at radius 3 is 2.33 bits per heavy atom. The lowest BCUT2D eigenvalue weighted by atomic mass is 10.2. The van der Waals surface area contributed by atoms with Gasteiger partial charge >= 0.3 is 0 Å². The summed E-state index contributed by atoms with van der Waals surface area (Å²) < 4.78 is 34.1. The number of carbonyl (C=O) groups is 1. The van der Waals surface area contributed by atoms with Crippen molar-refractivity contribution in [1.82, 2.24) is 9.73 Å². The van der Waals surface area contributed by atoms with E-state index in [0.717, 1.165) is 11.1 Å². The van der Waals surface area contributed by atoms with Crippen molar-refractivity contribution in [3.8, 4) is 0 Å². The fourth-order valence-corrected chi connectivity index (χ4v) is 4.94. The van der Waals surface area contributed by atoms with Crippen LogP contribution >= 0.6 is 11.6 Å². The molecule has 0 atom stereocenters. The van der Waals surface area contributed by atoms with E-state index in [0.29, 0.717) is 22.1 Å². The predicted octanol–water partition coefficient (Wildman–Crippen LogP) is 5.40. The third-order valence-corrected chi connectivity index (χ3v) is 7.40. The lowest BCUT2D eigenvalue weighted by Gasteiger charge is -2.21. The Labute approximate surface area is 215 Å². The first-order chi connectivity index (χ1) is 17.3. The van der Waals surface area contributed by atoms with Crippen molar-refractivity contribution in [3.05, 3.63) is 124 Å². The van der Waals surface area contributed by atoms with E-state index >= 15 is 0 Å². The number of hydrogen-bond acceptors (Lipinski definition) is 5. The molecule has 1 heterocycles. The van der Waals surface area contributed by atoms with Crippen molar-refractivity contribution < 1.29 is 17.6 Å². The smallest absolute Gasteiger partial charge is 0.271 e. The molecule has 0 saturated carbocycles. The lowest BCUT2D eigenvalue weighted by molar-refractivity contribution is 0.0955. The molecule has 0 saturated heterocycles. The van der Waals surface area contributed by atoms with Gasteiger partial charge in [0, 0.05) is 17.1 Å². The van der Waals surface area contributed by atoms with Crippen LogP contribution in [0.25, 0.3) is 0 Å². The molecule has 0 aliphatic heterocycles. The Kier molecular flexibility index (Phi) is 8.00. The number of carbonyl (C=O) groups excluding carboxylic acids is 1. The van der Waals surface area contributed by atoms with Gasteiger partial charge in [0.25, 0.3) is 5.91 Å². The summed E-state index contributed by atoms with van der Waals surface area (Å²) in [6.45, 7) is 2.11. The number of hydrogen-bond donors (Lipinski definition) is 1. The molecule has 0 radical (unpaired) electrons. The van der Waals surface area contributed by atoms with Crippen molar-refractivity contribution in [3.63, 3.8) is 0 Å². The van der Waals surface area contributed by atoms with Crippen LogP contribution in [0.3, 0.4) is 0 Å². The Hall–Kier alpha value is -3.72. The normalized spacial score (nSPS) is 11.8. The molecule has 9 heteroatoms. The lowest BCUT2D eigenvalue weighted by Crippen LogP contribution is -2.30. The number of amides is 1. The van der Waals surface area contributed by atoms with Gasteiger partial charge in [-0.1, -0.05) is 59.6 Å². The maximum atomic E-state index is 13.5. The molecule has 184 valence electrons. The van der Waals surface area contributed by atoms with Crippen LogP contribution in [0.1, 0.15) is 33.0 Å². The summed E-state index contributed by atoms with van der Waals surface area (Å²) in [6.07, 6.45) is 1.35. The van der Waals surface area contributed by atoms with E-state index < -0.39 is 15.9 Å². The molecule has 0 spiro atoms. The predicted molar refractivity (Wildman–Crippen MR) is 139 cm³/mol. The molecule has 1 aromatic heterocycles. The van der Waals surface area contributed by atoms with Gasteiger partial charge in [-0.2, -0.15) is 9.41 Å². The maximum absolute atomic E-state index is 13.5. The standard InChI is InChI=1S/C27H24ClN3O4S/c1-20-7-15-26(16-8-20)36(33,34)31(18-21-5-3-2-4-6-21)19-25-14-13-24(35-25)17-29-30-27(32)22-9-11-23(28)12-10-22/h2-17H,18-19H2,1H3,(H,30,32)/b29-17-. The van der Waals surface area contributed by atoms with Crippen LogP contribution < -0.4 is 5.43 Å². The van der Waals surface area contributed by atoms with E-state index in [1.165, 1.54) is 10.5 Å². The summed E-state index contributed by atoms with van der Waals surface area (Å²) >= 11 is 5.84. The molecule has 0 aliphatic carbocycles. The molecule has 4 aromatic rings. The SMILES string of the molecule is Cc1ccc(S(=O)(=O)N(Cc2ccccc2)Cc2ccc(/C=N\NC(=O)c3ccc(Cl)cc3)o2)cc1. The van der Waals surface area contributed by atoms with Crippen LogP contribution in [0.2, 0.25) is 5.02 Å². The third-order valence-electron chi connectivity index (χ3n) is 5.34. The van der Waals surface area contributed by atoms with Crippen molar-refractivity contribution in [2.45, 2.75) is 24.9 Å². The van der Waals surface area contributed by atoms with Crippen molar-refractivity contribution >= 4 is 33.7 Å². The fourth-order valence-electron chi connectivity index (χ4n) is 3.42. The minimum Gasteiger partial charge on any atom is -0.459 e. The molecule has 0 bridgehead atoms. The number of hydrazone groups is 1. The summed E-state index contributed by atoms with van der Waals surface area (Å²) in [4.78, 5) is 12.4. The summed E-state index contributed by atoms with van der Waals surface area (Å²) in [7, 11) is -3.79. The summed E-state index contributed by atoms with van der Waals surface area (Å²) in [5, 5.41) is 4.45. The monoisotopic (exact) mass is 521 g/mol. The van der Waals surface area contributed by atoms with Crippen LogP contribution in [0.4, 0.5) is 0 Å². The Bertz CT molecular complexity index is 1450. The third kappa shape index (κ3) is 6.48. The maximum Gasteiger partial charge on any atom is 0.271 e. The van der Waals surface area contributed by atoms with Crippen LogP contribution in [-0.2, 0) is 23.1 Å². The van der Waals surface area contributed by atoms with Gasteiger partial charge < -0.3 is 4.42 Å². The molecule has 7 nitrogen and oxygen atoms in total. The number of furan rings is 1. The minimum absolute atomic E-state index is 0.0239. The van der Waals surface area contributed by atoms with Gasteiger partial charge in [-0.05, 0) is 61.0 Å². The van der Waals surface area contributed by atoms with Gasteiger partial charge in [-0.15, -0.1) is 0 Å². The van der Waals surface area contributed by atoms with E-state index in [9.17, 15) is 13.2 Å². The zero-order valence-electron chi connectivity index (χ0n) is 19.5. The molecular formula is C27H24ClN3O4S. The molecule has 0 unspecified atom stereocenters. The average Bonchev–Trinajstić information content (AvgIpc) is 3.32. The Morgan fingerprint density at radius 2 is 1.64 bits per heavy atom. The van der Waals surface area contributed by atoms with E-state index in [-0.39, 0.29) is 18.0 Å². The second-order valence-electron chi connectivity index (χ2n) is 8.08. The summed E-state index contributed by atoms with van der Waals surface area (Å²) in [6, 6.07) is 25.9. The number of nitrogens with zero attached hydrogens (tertiary/aromatic N) is 2. The second-order valence-corrected chi connectivity index (χ2v) is 10.5. The van der Waals surface area contributed by atoms with E-state index in [1.54, 1.807) is 60.7 Å². The molecule has 0 aliphatic rings. The van der Waals surface area contributed by atoms with Gasteiger partial charge in [0.2, 0.25) is 10.0 Å². The highest BCUT2D eigenvalue weighted by molar-refractivity contribution is 7.89. The molecule has 1 N–H and O–H groups in total. The van der Waals surface area contributed by atoms with E-state index in [2.05, 4.69) is 10.5 Å². The van der Waals surface area contributed by atoms with Crippen molar-refractivity contribution in [2.75, 3.05) is 0 Å². The first kappa shape index (κ1) is 25.4.